The average Bonchev–Trinajstić information content (AvgIpc) is 2.84. The number of amides is 1. The molecule has 9 heteroatoms. The number of nitrogens with zero attached hydrogens (tertiary/aromatic N) is 4. The number of para-hydroxylation sites is 2. The molecule has 9 nitrogen and oxygen atoms in total. The average molecular weight is 426 g/mol. The van der Waals surface area contributed by atoms with Gasteiger partial charge in [0.15, 0.2) is 0 Å². The lowest BCUT2D eigenvalue weighted by atomic mass is 10.1. The van der Waals surface area contributed by atoms with Gasteiger partial charge in [0, 0.05) is 42.3 Å². The van der Waals surface area contributed by atoms with Crippen molar-refractivity contribution in [3.05, 3.63) is 107 Å². The molecule has 2 aromatic heterocycles. The maximum Gasteiger partial charge on any atom is 0.292 e. The van der Waals surface area contributed by atoms with Gasteiger partial charge in [-0.15, -0.1) is 0 Å². The van der Waals surface area contributed by atoms with Crippen molar-refractivity contribution >= 4 is 23.2 Å². The summed E-state index contributed by atoms with van der Waals surface area (Å²) in [4.78, 5) is 35.9. The third-order valence-electron chi connectivity index (χ3n) is 4.63. The first-order valence-electron chi connectivity index (χ1n) is 9.71. The number of hydrogen-bond acceptors (Lipinski definition) is 7. The van der Waals surface area contributed by atoms with Crippen molar-refractivity contribution in [1.29, 1.82) is 0 Å². The van der Waals surface area contributed by atoms with E-state index in [0.717, 1.165) is 16.8 Å². The molecular weight excluding hydrogens is 408 g/mol. The minimum Gasteiger partial charge on any atom is -0.350 e. The van der Waals surface area contributed by atoms with Crippen LogP contribution in [0.15, 0.2) is 85.3 Å². The van der Waals surface area contributed by atoms with Gasteiger partial charge in [0.2, 0.25) is 5.95 Å². The maximum absolute atomic E-state index is 12.5. The number of pyridine rings is 1. The predicted molar refractivity (Wildman–Crippen MR) is 120 cm³/mol. The van der Waals surface area contributed by atoms with Crippen molar-refractivity contribution in [3.63, 3.8) is 0 Å². The smallest absolute Gasteiger partial charge is 0.292 e. The number of hydrogen-bond donors (Lipinski definition) is 2. The standard InChI is InChI=1S/C23H18N6O3/c30-22(27-20-5-1-2-6-21(20)29(31)32)17-9-7-16(8-10-17)14-26-23-25-13-11-19(28-23)18-4-3-12-24-15-18/h1-13,15H,14H2,(H,27,30)(H,25,26,28). The van der Waals surface area contributed by atoms with Gasteiger partial charge in [0.1, 0.15) is 5.69 Å². The Morgan fingerprint density at radius 3 is 2.53 bits per heavy atom. The third-order valence-corrected chi connectivity index (χ3v) is 4.63. The molecule has 0 spiro atoms. The maximum atomic E-state index is 12.5. The molecule has 0 atom stereocenters. The van der Waals surface area contributed by atoms with E-state index in [4.69, 9.17) is 0 Å². The number of nitrogens with one attached hydrogen (secondary N) is 2. The molecule has 0 aliphatic heterocycles. The van der Waals surface area contributed by atoms with Gasteiger partial charge in [-0.1, -0.05) is 24.3 Å². The molecule has 0 radical (unpaired) electrons. The molecule has 4 rings (SSSR count). The van der Waals surface area contributed by atoms with Crippen LogP contribution in [0.5, 0.6) is 0 Å². The second kappa shape index (κ2) is 9.43. The van der Waals surface area contributed by atoms with Crippen LogP contribution in [0.1, 0.15) is 15.9 Å². The predicted octanol–water partition coefficient (Wildman–Crippen LogP) is 4.31. The number of anilines is 2. The first-order valence-corrected chi connectivity index (χ1v) is 9.71. The van der Waals surface area contributed by atoms with E-state index in [0.29, 0.717) is 18.1 Å². The van der Waals surface area contributed by atoms with Crippen LogP contribution in [-0.4, -0.2) is 25.8 Å². The lowest BCUT2D eigenvalue weighted by Crippen LogP contribution is -2.13. The largest absolute Gasteiger partial charge is 0.350 e. The number of rotatable bonds is 7. The Hall–Kier alpha value is -4.66. The summed E-state index contributed by atoms with van der Waals surface area (Å²) in [6, 6.07) is 18.5. The molecule has 1 amide bonds. The second-order valence-electron chi connectivity index (χ2n) is 6.79. The van der Waals surface area contributed by atoms with Gasteiger partial charge >= 0.3 is 0 Å². The van der Waals surface area contributed by atoms with Gasteiger partial charge in [-0.25, -0.2) is 9.97 Å². The number of benzene rings is 2. The molecule has 0 aliphatic carbocycles. The molecular formula is C23H18N6O3. The molecule has 2 aromatic carbocycles. The first kappa shape index (κ1) is 20.6. The van der Waals surface area contributed by atoms with Crippen LogP contribution in [0.25, 0.3) is 11.3 Å². The Morgan fingerprint density at radius 1 is 0.969 bits per heavy atom. The van der Waals surface area contributed by atoms with Gasteiger partial charge < -0.3 is 10.6 Å². The van der Waals surface area contributed by atoms with Gasteiger partial charge in [-0.05, 0) is 42.0 Å². The zero-order valence-electron chi connectivity index (χ0n) is 16.8. The highest BCUT2D eigenvalue weighted by atomic mass is 16.6. The molecule has 158 valence electrons. The van der Waals surface area contributed by atoms with Crippen LogP contribution in [0.2, 0.25) is 0 Å². The highest BCUT2D eigenvalue weighted by molar-refractivity contribution is 6.05. The Kier molecular flexibility index (Phi) is 6.08. The number of aromatic nitrogens is 3. The van der Waals surface area contributed by atoms with Crippen LogP contribution < -0.4 is 10.6 Å². The summed E-state index contributed by atoms with van der Waals surface area (Å²) >= 11 is 0. The Morgan fingerprint density at radius 2 is 1.78 bits per heavy atom. The van der Waals surface area contributed by atoms with Crippen molar-refractivity contribution < 1.29 is 9.72 Å². The summed E-state index contributed by atoms with van der Waals surface area (Å²) in [5.74, 6) is 0.0517. The molecule has 0 bridgehead atoms. The summed E-state index contributed by atoms with van der Waals surface area (Å²) in [6.45, 7) is 0.461. The minimum atomic E-state index is -0.532. The van der Waals surface area contributed by atoms with Gasteiger partial charge in [-0.3, -0.25) is 19.9 Å². The van der Waals surface area contributed by atoms with Crippen LogP contribution in [-0.2, 0) is 6.54 Å². The normalized spacial score (nSPS) is 10.4. The Bertz CT molecular complexity index is 1250. The summed E-state index contributed by atoms with van der Waals surface area (Å²) in [5, 5.41) is 16.9. The fourth-order valence-electron chi connectivity index (χ4n) is 3.01. The van der Waals surface area contributed by atoms with E-state index in [1.165, 1.54) is 12.1 Å². The van der Waals surface area contributed by atoms with E-state index in [-0.39, 0.29) is 11.4 Å². The number of nitro benzene ring substituents is 1. The first-order chi connectivity index (χ1) is 15.6. The van der Waals surface area contributed by atoms with Crippen LogP contribution in [0, 0.1) is 10.1 Å². The zero-order valence-corrected chi connectivity index (χ0v) is 16.8. The number of nitro groups is 1. The van der Waals surface area contributed by atoms with E-state index in [1.54, 1.807) is 55.0 Å². The highest BCUT2D eigenvalue weighted by Gasteiger charge is 2.15. The summed E-state index contributed by atoms with van der Waals surface area (Å²) < 4.78 is 0. The fraction of sp³-hybridized carbons (Fsp3) is 0.0435. The van der Waals surface area contributed by atoms with Crippen molar-refractivity contribution in [2.24, 2.45) is 0 Å². The molecule has 2 N–H and O–H groups in total. The van der Waals surface area contributed by atoms with Gasteiger partial charge in [0.05, 0.1) is 10.6 Å². The summed E-state index contributed by atoms with van der Waals surface area (Å²) in [5.41, 5.74) is 2.96. The quantitative estimate of drug-likeness (QED) is 0.333. The topological polar surface area (TPSA) is 123 Å². The van der Waals surface area contributed by atoms with Crippen molar-refractivity contribution in [2.75, 3.05) is 10.6 Å². The third kappa shape index (κ3) is 4.90. The van der Waals surface area contributed by atoms with Crippen LogP contribution >= 0.6 is 0 Å². The zero-order chi connectivity index (χ0) is 22.3. The minimum absolute atomic E-state index is 0.152. The lowest BCUT2D eigenvalue weighted by Gasteiger charge is -2.08. The van der Waals surface area contributed by atoms with E-state index in [2.05, 4.69) is 25.6 Å². The molecule has 4 aromatic rings. The molecule has 0 saturated heterocycles. The Balaban J connectivity index is 1.39. The van der Waals surface area contributed by atoms with Crippen molar-refractivity contribution in [2.45, 2.75) is 6.54 Å². The SMILES string of the molecule is O=C(Nc1ccccc1[N+](=O)[O-])c1ccc(CNc2nccc(-c3cccnc3)n2)cc1. The van der Waals surface area contributed by atoms with Crippen LogP contribution in [0.4, 0.5) is 17.3 Å². The monoisotopic (exact) mass is 426 g/mol. The molecule has 0 aliphatic rings. The molecule has 0 fully saturated rings. The lowest BCUT2D eigenvalue weighted by molar-refractivity contribution is -0.383. The highest BCUT2D eigenvalue weighted by Crippen LogP contribution is 2.24. The second-order valence-corrected chi connectivity index (χ2v) is 6.79. The van der Waals surface area contributed by atoms with E-state index in [9.17, 15) is 14.9 Å². The number of carbonyl (C=O) groups is 1. The van der Waals surface area contributed by atoms with Gasteiger partial charge in [0.25, 0.3) is 11.6 Å². The van der Waals surface area contributed by atoms with E-state index in [1.807, 2.05) is 18.2 Å². The van der Waals surface area contributed by atoms with Crippen molar-refractivity contribution in [3.8, 4) is 11.3 Å². The molecule has 2 heterocycles. The fourth-order valence-corrected chi connectivity index (χ4v) is 3.01. The Labute approximate surface area is 183 Å². The van der Waals surface area contributed by atoms with E-state index >= 15 is 0 Å². The van der Waals surface area contributed by atoms with Crippen molar-refractivity contribution in [1.82, 2.24) is 15.0 Å². The molecule has 32 heavy (non-hydrogen) atoms. The van der Waals surface area contributed by atoms with Gasteiger partial charge in [-0.2, -0.15) is 0 Å². The summed E-state index contributed by atoms with van der Waals surface area (Å²) in [6.07, 6.45) is 5.11. The van der Waals surface area contributed by atoms with E-state index < -0.39 is 10.8 Å². The number of carbonyl (C=O) groups excluding carboxylic acids is 1. The molecule has 0 saturated carbocycles. The molecule has 0 unspecified atom stereocenters. The van der Waals surface area contributed by atoms with Crippen LogP contribution in [0.3, 0.4) is 0 Å². The summed E-state index contributed by atoms with van der Waals surface area (Å²) in [7, 11) is 0.